The molecule has 0 aromatic carbocycles. The largest absolute Gasteiger partial charge is 0.393 e. The first-order valence-corrected chi connectivity index (χ1v) is 13.6. The minimum atomic E-state index is -3.79. The molecule has 0 saturated heterocycles. The quantitative estimate of drug-likeness (QED) is 0.517. The van der Waals surface area contributed by atoms with Crippen LogP contribution in [0.25, 0.3) is 0 Å². The molecule has 3 saturated carbocycles. The summed E-state index contributed by atoms with van der Waals surface area (Å²) < 4.78 is 38.0. The van der Waals surface area contributed by atoms with Crippen molar-refractivity contribution in [2.75, 3.05) is 6.26 Å². The van der Waals surface area contributed by atoms with E-state index >= 15 is 0 Å². The van der Waals surface area contributed by atoms with E-state index in [0.717, 1.165) is 63.7 Å². The number of hydrogen-bond acceptors (Lipinski definition) is 3. The molecule has 6 atom stereocenters. The standard InChI is InChI=1S/C26H39FO3S/c1-18-8-11-22(28)17-21(18)10-9-20-7-6-15-25(3)23(12-13-24(20)25)19(2)14-16-26(4,27)31(5,29)30/h9-10,14,16,19,22-24,28H,1,6-8,11-13,15,17H2,2-5H3/b16-14+,20-9+,21-10-/t19-,22-,23?,24-,25+,26-/m0/s1. The van der Waals surface area contributed by atoms with Gasteiger partial charge in [0.1, 0.15) is 0 Å². The van der Waals surface area contributed by atoms with Crippen LogP contribution < -0.4 is 0 Å². The highest BCUT2D eigenvalue weighted by atomic mass is 32.2. The third-order valence-electron chi connectivity index (χ3n) is 8.28. The van der Waals surface area contributed by atoms with Crippen LogP contribution >= 0.6 is 0 Å². The van der Waals surface area contributed by atoms with Crippen LogP contribution in [0.15, 0.2) is 47.6 Å². The molecule has 3 rings (SSSR count). The number of fused-ring (bicyclic) bond motifs is 1. The second kappa shape index (κ2) is 8.97. The zero-order chi connectivity index (χ0) is 23.0. The smallest absolute Gasteiger partial charge is 0.225 e. The van der Waals surface area contributed by atoms with Crippen molar-refractivity contribution in [3.63, 3.8) is 0 Å². The molecule has 0 heterocycles. The van der Waals surface area contributed by atoms with E-state index in [9.17, 15) is 17.9 Å². The molecular weight excluding hydrogens is 411 g/mol. The van der Waals surface area contributed by atoms with Gasteiger partial charge in [-0.05, 0) is 93.1 Å². The Morgan fingerprint density at radius 2 is 1.97 bits per heavy atom. The first-order chi connectivity index (χ1) is 14.3. The van der Waals surface area contributed by atoms with Crippen LogP contribution in [-0.2, 0) is 9.84 Å². The molecule has 0 spiro atoms. The molecule has 0 aliphatic heterocycles. The molecule has 3 aliphatic carbocycles. The van der Waals surface area contributed by atoms with Crippen LogP contribution in [0, 0.1) is 23.2 Å². The number of aliphatic hydroxyl groups excluding tert-OH is 1. The summed E-state index contributed by atoms with van der Waals surface area (Å²) in [5, 5.41) is 7.68. The molecule has 3 aliphatic rings. The molecule has 174 valence electrons. The van der Waals surface area contributed by atoms with Gasteiger partial charge >= 0.3 is 0 Å². The highest BCUT2D eigenvalue weighted by molar-refractivity contribution is 7.92. The summed E-state index contributed by atoms with van der Waals surface area (Å²) >= 11 is 0. The number of allylic oxidation sites excluding steroid dienone is 5. The summed E-state index contributed by atoms with van der Waals surface area (Å²) in [5.41, 5.74) is 3.95. The van der Waals surface area contributed by atoms with Crippen LogP contribution in [0.5, 0.6) is 0 Å². The molecule has 0 aromatic heterocycles. The van der Waals surface area contributed by atoms with Gasteiger partial charge in [-0.1, -0.05) is 49.8 Å². The summed E-state index contributed by atoms with van der Waals surface area (Å²) in [6.07, 6.45) is 16.1. The lowest BCUT2D eigenvalue weighted by Gasteiger charge is -2.44. The lowest BCUT2D eigenvalue weighted by molar-refractivity contribution is 0.112. The van der Waals surface area contributed by atoms with E-state index in [4.69, 9.17) is 0 Å². The predicted molar refractivity (Wildman–Crippen MR) is 126 cm³/mol. The Bertz CT molecular complexity index is 896. The van der Waals surface area contributed by atoms with E-state index in [1.807, 2.05) is 0 Å². The van der Waals surface area contributed by atoms with Crippen LogP contribution in [0.1, 0.15) is 72.1 Å². The van der Waals surface area contributed by atoms with Crippen molar-refractivity contribution in [2.24, 2.45) is 23.2 Å². The second-order valence-electron chi connectivity index (χ2n) is 10.5. The minimum Gasteiger partial charge on any atom is -0.393 e. The van der Waals surface area contributed by atoms with E-state index in [1.54, 1.807) is 6.08 Å². The van der Waals surface area contributed by atoms with Gasteiger partial charge in [-0.2, -0.15) is 0 Å². The van der Waals surface area contributed by atoms with Crippen molar-refractivity contribution in [1.29, 1.82) is 0 Å². The topological polar surface area (TPSA) is 54.4 Å². The predicted octanol–water partition coefficient (Wildman–Crippen LogP) is 6.08. The molecule has 0 aromatic rings. The van der Waals surface area contributed by atoms with Crippen LogP contribution in [0.4, 0.5) is 4.39 Å². The van der Waals surface area contributed by atoms with Crippen LogP contribution in [0.2, 0.25) is 0 Å². The molecule has 1 N–H and O–H groups in total. The van der Waals surface area contributed by atoms with Crippen molar-refractivity contribution in [2.45, 2.75) is 83.2 Å². The van der Waals surface area contributed by atoms with Crippen molar-refractivity contribution >= 4 is 9.84 Å². The van der Waals surface area contributed by atoms with E-state index in [-0.39, 0.29) is 17.4 Å². The average molecular weight is 451 g/mol. The highest BCUT2D eigenvalue weighted by Gasteiger charge is 2.50. The molecule has 31 heavy (non-hydrogen) atoms. The fourth-order valence-electron chi connectivity index (χ4n) is 6.12. The van der Waals surface area contributed by atoms with Crippen LogP contribution in [-0.4, -0.2) is 30.9 Å². The first kappa shape index (κ1) is 24.4. The van der Waals surface area contributed by atoms with Gasteiger partial charge in [-0.3, -0.25) is 0 Å². The second-order valence-corrected chi connectivity index (χ2v) is 12.8. The number of hydrogen-bond donors (Lipinski definition) is 1. The van der Waals surface area contributed by atoms with Gasteiger partial charge in [0, 0.05) is 6.26 Å². The summed E-state index contributed by atoms with van der Waals surface area (Å²) in [7, 11) is -3.79. The molecule has 3 nitrogen and oxygen atoms in total. The maximum absolute atomic E-state index is 14.6. The van der Waals surface area contributed by atoms with Crippen molar-refractivity contribution in [1.82, 2.24) is 0 Å². The fourth-order valence-corrected chi connectivity index (χ4v) is 6.45. The summed E-state index contributed by atoms with van der Waals surface area (Å²) in [4.78, 5) is 0. The number of aliphatic hydroxyl groups is 1. The Morgan fingerprint density at radius 1 is 1.26 bits per heavy atom. The maximum atomic E-state index is 14.6. The molecule has 3 fully saturated rings. The van der Waals surface area contributed by atoms with Crippen molar-refractivity contribution in [3.8, 4) is 0 Å². The van der Waals surface area contributed by atoms with E-state index in [2.05, 4.69) is 32.6 Å². The van der Waals surface area contributed by atoms with Gasteiger partial charge in [0.25, 0.3) is 0 Å². The fraction of sp³-hybridized carbons (Fsp3) is 0.692. The lowest BCUT2D eigenvalue weighted by Crippen LogP contribution is -2.35. The first-order valence-electron chi connectivity index (χ1n) is 11.7. The van der Waals surface area contributed by atoms with Gasteiger partial charge in [-0.25, -0.2) is 12.8 Å². The van der Waals surface area contributed by atoms with Gasteiger partial charge in [0.2, 0.25) is 5.00 Å². The van der Waals surface area contributed by atoms with Crippen LogP contribution in [0.3, 0.4) is 0 Å². The normalized spacial score (nSPS) is 37.9. The molecule has 0 radical (unpaired) electrons. The monoisotopic (exact) mass is 450 g/mol. The number of sulfone groups is 1. The maximum Gasteiger partial charge on any atom is 0.225 e. The number of halogens is 1. The van der Waals surface area contributed by atoms with Gasteiger partial charge < -0.3 is 5.11 Å². The lowest BCUT2D eigenvalue weighted by atomic mass is 9.61. The van der Waals surface area contributed by atoms with E-state index in [1.165, 1.54) is 17.2 Å². The van der Waals surface area contributed by atoms with Gasteiger partial charge in [-0.15, -0.1) is 0 Å². The molecule has 1 unspecified atom stereocenters. The summed E-state index contributed by atoms with van der Waals surface area (Å²) in [5.74, 6) is 1.04. The Labute approximate surface area is 188 Å². The Kier molecular flexibility index (Phi) is 7.08. The highest BCUT2D eigenvalue weighted by Crippen LogP contribution is 2.59. The average Bonchev–Trinajstić information content (AvgIpc) is 3.03. The Morgan fingerprint density at radius 3 is 2.65 bits per heavy atom. The van der Waals surface area contributed by atoms with E-state index in [0.29, 0.717) is 18.3 Å². The number of rotatable bonds is 5. The minimum absolute atomic E-state index is 0.123. The number of alkyl halides is 1. The zero-order valence-electron chi connectivity index (χ0n) is 19.5. The zero-order valence-corrected chi connectivity index (χ0v) is 20.3. The molecule has 0 amide bonds. The third-order valence-corrected chi connectivity index (χ3v) is 9.87. The van der Waals surface area contributed by atoms with E-state index < -0.39 is 14.8 Å². The van der Waals surface area contributed by atoms with Gasteiger partial charge in [0.15, 0.2) is 9.84 Å². The van der Waals surface area contributed by atoms with Crippen molar-refractivity contribution in [3.05, 3.63) is 47.6 Å². The Hall–Kier alpha value is -1.20. The molecular formula is C26H39FO3S. The molecule has 0 bridgehead atoms. The Balaban J connectivity index is 1.78. The summed E-state index contributed by atoms with van der Waals surface area (Å²) in [6.45, 7) is 9.76. The SMILES string of the molecule is C=C1CC[C@H](O)C/C1=C/C=C1\CCC[C@]2(C)C([C@@H](C)/C=C/[C@@](C)(F)S(C)(=O)=O)CC[C@@H]12. The third kappa shape index (κ3) is 5.08. The summed E-state index contributed by atoms with van der Waals surface area (Å²) in [6, 6.07) is 0. The molecule has 5 heteroatoms. The van der Waals surface area contributed by atoms with Crippen molar-refractivity contribution < 1.29 is 17.9 Å². The van der Waals surface area contributed by atoms with Gasteiger partial charge in [0.05, 0.1) is 6.10 Å².